The minimum Gasteiger partial charge on any atom is -0.378 e. The number of aromatic nitrogens is 2. The molecule has 0 radical (unpaired) electrons. The maximum Gasteiger partial charge on any atom is 0.275 e. The van der Waals surface area contributed by atoms with Crippen molar-refractivity contribution in [3.05, 3.63) is 52.0 Å². The highest BCUT2D eigenvalue weighted by Crippen LogP contribution is 2.44. The van der Waals surface area contributed by atoms with Gasteiger partial charge in [-0.1, -0.05) is 48.8 Å². The van der Waals surface area contributed by atoms with Crippen LogP contribution in [0.3, 0.4) is 0 Å². The minimum atomic E-state index is -0.574. The Kier molecular flexibility index (Phi) is 5.38. The Morgan fingerprint density at radius 3 is 2.67 bits per heavy atom. The molecule has 2 aromatic rings. The number of nitrogens with one attached hydrogen (secondary N) is 1. The summed E-state index contributed by atoms with van der Waals surface area (Å²) in [5.74, 6) is -0.429. The molecule has 2 aromatic heterocycles. The Balaban J connectivity index is 1.88. The lowest BCUT2D eigenvalue weighted by Gasteiger charge is -2.38. The predicted molar refractivity (Wildman–Crippen MR) is 112 cm³/mol. The number of nitrogens with zero attached hydrogens (tertiary/aromatic N) is 3. The van der Waals surface area contributed by atoms with Gasteiger partial charge < -0.3 is 11.1 Å². The third-order valence-electron chi connectivity index (χ3n) is 4.10. The van der Waals surface area contributed by atoms with Crippen molar-refractivity contribution in [2.24, 2.45) is 10.7 Å². The van der Waals surface area contributed by atoms with E-state index in [9.17, 15) is 4.79 Å². The van der Waals surface area contributed by atoms with E-state index in [4.69, 9.17) is 28.9 Å². The number of pyridine rings is 2. The molecule has 0 saturated heterocycles. The molecule has 6 nitrogen and oxygen atoms in total. The van der Waals surface area contributed by atoms with Gasteiger partial charge in [0.15, 0.2) is 5.17 Å². The number of hydrogen-bond donors (Lipinski definition) is 2. The quantitative estimate of drug-likeness (QED) is 0.758. The fraction of sp³-hybridized carbons (Fsp3) is 0.333. The molecule has 0 unspecified atom stereocenters. The summed E-state index contributed by atoms with van der Waals surface area (Å²) in [5, 5.41) is 3.87. The van der Waals surface area contributed by atoms with Gasteiger partial charge in [0.05, 0.1) is 15.7 Å². The first-order valence-corrected chi connectivity index (χ1v) is 9.78. The average Bonchev–Trinajstić information content (AvgIpc) is 2.52. The molecule has 1 atom stereocenters. The molecule has 0 fully saturated rings. The first-order chi connectivity index (χ1) is 12.6. The van der Waals surface area contributed by atoms with Gasteiger partial charge in [-0.3, -0.25) is 9.78 Å². The van der Waals surface area contributed by atoms with Crippen molar-refractivity contribution in [3.63, 3.8) is 0 Å². The lowest BCUT2D eigenvalue weighted by Crippen LogP contribution is -2.38. The number of thioether (sulfide) groups is 1. The summed E-state index contributed by atoms with van der Waals surface area (Å²) >= 11 is 13.4. The van der Waals surface area contributed by atoms with Gasteiger partial charge in [0.25, 0.3) is 5.91 Å². The van der Waals surface area contributed by atoms with Crippen LogP contribution in [0.5, 0.6) is 0 Å². The molecule has 1 aliphatic rings. The number of amidine groups is 1. The molecular weight excluding hydrogens is 405 g/mol. The van der Waals surface area contributed by atoms with Gasteiger partial charge >= 0.3 is 0 Å². The van der Waals surface area contributed by atoms with Crippen molar-refractivity contribution >= 4 is 51.7 Å². The highest BCUT2D eigenvalue weighted by atomic mass is 35.5. The number of carbonyl (C=O) groups excluding carboxylic acids is 1. The monoisotopic (exact) mass is 423 g/mol. The van der Waals surface area contributed by atoms with Crippen molar-refractivity contribution in [3.8, 4) is 0 Å². The summed E-state index contributed by atoms with van der Waals surface area (Å²) in [7, 11) is 0. The molecule has 0 bridgehead atoms. The molecule has 0 aliphatic carbocycles. The van der Waals surface area contributed by atoms with Gasteiger partial charge in [-0.05, 0) is 31.5 Å². The number of anilines is 1. The second-order valence-electron chi connectivity index (χ2n) is 7.13. The molecule has 1 aliphatic heterocycles. The number of halogens is 2. The van der Waals surface area contributed by atoms with Gasteiger partial charge in [-0.2, -0.15) is 0 Å². The Morgan fingerprint density at radius 1 is 1.26 bits per heavy atom. The standard InChI is InChI=1S/C18H19Cl2N5OS/c1-17(2)9-18(3,25-16(21)27-17)13-7-11(4-5-22-13)24-15(26)14-12(20)6-10(19)8-23-14/h4-8H,9H2,1-3H3,(H2,21,25)(H,22,24,26)/t18-/m0/s1. The van der Waals surface area contributed by atoms with Crippen LogP contribution in [0, 0.1) is 0 Å². The fourth-order valence-corrected chi connectivity index (χ4v) is 4.81. The number of hydrogen-bond acceptors (Lipinski definition) is 6. The number of amides is 1. The summed E-state index contributed by atoms with van der Waals surface area (Å²) < 4.78 is -0.0672. The number of aliphatic imine (C=N–C) groups is 1. The van der Waals surface area contributed by atoms with Crippen molar-refractivity contribution in [2.45, 2.75) is 37.5 Å². The number of nitrogens with two attached hydrogens (primary N) is 1. The van der Waals surface area contributed by atoms with E-state index in [2.05, 4.69) is 34.1 Å². The Morgan fingerprint density at radius 2 is 2.00 bits per heavy atom. The van der Waals surface area contributed by atoms with Crippen molar-refractivity contribution < 1.29 is 4.79 Å². The topological polar surface area (TPSA) is 93.3 Å². The first-order valence-electron chi connectivity index (χ1n) is 8.21. The highest BCUT2D eigenvalue weighted by Gasteiger charge is 2.40. The van der Waals surface area contributed by atoms with Crippen molar-refractivity contribution in [1.29, 1.82) is 0 Å². The van der Waals surface area contributed by atoms with E-state index in [0.717, 1.165) is 12.1 Å². The molecule has 0 aromatic carbocycles. The van der Waals surface area contributed by atoms with Gasteiger partial charge in [0.1, 0.15) is 11.2 Å². The van der Waals surface area contributed by atoms with Crippen LogP contribution in [0.15, 0.2) is 35.6 Å². The minimum absolute atomic E-state index is 0.0672. The van der Waals surface area contributed by atoms with Crippen LogP contribution >= 0.6 is 35.0 Å². The van der Waals surface area contributed by atoms with Crippen LogP contribution in [0.1, 0.15) is 43.4 Å². The molecule has 3 heterocycles. The zero-order valence-corrected chi connectivity index (χ0v) is 17.4. The smallest absolute Gasteiger partial charge is 0.275 e. The van der Waals surface area contributed by atoms with E-state index in [1.807, 2.05) is 6.92 Å². The van der Waals surface area contributed by atoms with Gasteiger partial charge in [0, 0.05) is 22.8 Å². The van der Waals surface area contributed by atoms with Gasteiger partial charge in [-0.25, -0.2) is 9.98 Å². The second kappa shape index (κ2) is 7.30. The molecule has 0 saturated carbocycles. The predicted octanol–water partition coefficient (Wildman–Crippen LogP) is 4.48. The third kappa shape index (κ3) is 4.54. The SMILES string of the molecule is CC1(C)C[C@@](C)(c2cc(NC(=O)c3ncc(Cl)cc3Cl)ccn2)N=C(N)S1. The molecular formula is C18H19Cl2N5OS. The largest absolute Gasteiger partial charge is 0.378 e. The van der Waals surface area contributed by atoms with E-state index < -0.39 is 11.4 Å². The van der Waals surface area contributed by atoms with Crippen LogP contribution in [-0.2, 0) is 5.54 Å². The molecule has 1 amide bonds. The lowest BCUT2D eigenvalue weighted by atomic mass is 9.87. The molecule has 0 spiro atoms. The van der Waals surface area contributed by atoms with Crippen LogP contribution in [-0.4, -0.2) is 25.8 Å². The third-order valence-corrected chi connectivity index (χ3v) is 5.59. The maximum absolute atomic E-state index is 12.5. The molecule has 142 valence electrons. The normalized spacial score (nSPS) is 21.4. The van der Waals surface area contributed by atoms with Crippen LogP contribution in [0.4, 0.5) is 5.69 Å². The Bertz CT molecular complexity index is 934. The van der Waals surface area contributed by atoms with E-state index in [1.54, 1.807) is 30.1 Å². The summed E-state index contributed by atoms with van der Waals surface area (Å²) in [6.07, 6.45) is 3.77. The summed E-state index contributed by atoms with van der Waals surface area (Å²) in [6.45, 7) is 6.24. The zero-order chi connectivity index (χ0) is 19.8. The Labute approximate surface area is 172 Å². The molecule has 9 heteroatoms. The summed E-state index contributed by atoms with van der Waals surface area (Å²) in [4.78, 5) is 25.6. The lowest BCUT2D eigenvalue weighted by molar-refractivity contribution is 0.102. The zero-order valence-electron chi connectivity index (χ0n) is 15.1. The number of carbonyl (C=O) groups is 1. The number of rotatable bonds is 3. The second-order valence-corrected chi connectivity index (χ2v) is 9.70. The summed E-state index contributed by atoms with van der Waals surface area (Å²) in [5.41, 5.74) is 6.86. The van der Waals surface area contributed by atoms with Crippen molar-refractivity contribution in [1.82, 2.24) is 9.97 Å². The highest BCUT2D eigenvalue weighted by molar-refractivity contribution is 8.15. The fourth-order valence-electron chi connectivity index (χ4n) is 3.18. The average molecular weight is 424 g/mol. The Hall–Kier alpha value is -1.83. The van der Waals surface area contributed by atoms with E-state index in [-0.39, 0.29) is 15.5 Å². The van der Waals surface area contributed by atoms with Crippen LogP contribution < -0.4 is 11.1 Å². The van der Waals surface area contributed by atoms with Gasteiger partial charge in [0.2, 0.25) is 0 Å². The van der Waals surface area contributed by atoms with E-state index in [0.29, 0.717) is 15.9 Å². The van der Waals surface area contributed by atoms with Crippen LogP contribution in [0.2, 0.25) is 10.0 Å². The van der Waals surface area contributed by atoms with E-state index in [1.165, 1.54) is 12.3 Å². The van der Waals surface area contributed by atoms with Crippen molar-refractivity contribution in [2.75, 3.05) is 5.32 Å². The molecule has 3 rings (SSSR count). The first kappa shape index (κ1) is 19.9. The summed E-state index contributed by atoms with van der Waals surface area (Å²) in [6, 6.07) is 4.97. The van der Waals surface area contributed by atoms with Crippen LogP contribution in [0.25, 0.3) is 0 Å². The molecule has 3 N–H and O–H groups in total. The van der Waals surface area contributed by atoms with Gasteiger partial charge in [-0.15, -0.1) is 0 Å². The molecule has 27 heavy (non-hydrogen) atoms. The maximum atomic E-state index is 12.5. The van der Waals surface area contributed by atoms with E-state index >= 15 is 0 Å².